The Kier molecular flexibility index (Phi) is 4.66. The standard InChI is InChI=1S/C16H19N5O4/c1-11-9-20(16(23)24)25-12(2)10-19(11)15(22)13-5-3-4-6-14(13)21-17-7-8-18-21/h3-8,11-12H,9-10H2,1-2H3,(H,23,24)/t11-,12?/m0/s1. The maximum Gasteiger partial charge on any atom is 0.431 e. The molecule has 25 heavy (non-hydrogen) atoms. The molecule has 0 saturated carbocycles. The van der Waals surface area contributed by atoms with E-state index in [4.69, 9.17) is 4.84 Å². The Morgan fingerprint density at radius 2 is 1.84 bits per heavy atom. The number of hydrogen-bond acceptors (Lipinski definition) is 5. The van der Waals surface area contributed by atoms with Gasteiger partial charge < -0.3 is 10.0 Å². The summed E-state index contributed by atoms with van der Waals surface area (Å²) < 4.78 is 0. The molecule has 9 nitrogen and oxygen atoms in total. The minimum Gasteiger partial charge on any atom is -0.463 e. The van der Waals surface area contributed by atoms with Gasteiger partial charge in [-0.25, -0.2) is 4.79 Å². The molecule has 1 aliphatic rings. The summed E-state index contributed by atoms with van der Waals surface area (Å²) >= 11 is 0. The lowest BCUT2D eigenvalue weighted by molar-refractivity contribution is -0.155. The van der Waals surface area contributed by atoms with Crippen LogP contribution in [0, 0.1) is 0 Å². The molecule has 2 aromatic rings. The van der Waals surface area contributed by atoms with Crippen LogP contribution in [0.4, 0.5) is 4.79 Å². The highest BCUT2D eigenvalue weighted by Gasteiger charge is 2.33. The van der Waals surface area contributed by atoms with Crippen LogP contribution in [0.1, 0.15) is 24.2 Å². The Morgan fingerprint density at radius 3 is 2.52 bits per heavy atom. The molecular formula is C16H19N5O4. The molecule has 2 atom stereocenters. The topological polar surface area (TPSA) is 101 Å². The summed E-state index contributed by atoms with van der Waals surface area (Å²) in [7, 11) is 0. The molecule has 0 aliphatic carbocycles. The maximum absolute atomic E-state index is 13.1. The van der Waals surface area contributed by atoms with Gasteiger partial charge in [0.2, 0.25) is 0 Å². The Balaban J connectivity index is 1.92. The normalized spacial score (nSPS) is 21.0. The van der Waals surface area contributed by atoms with Crippen molar-refractivity contribution >= 4 is 12.0 Å². The number of hydrogen-bond donors (Lipinski definition) is 1. The Labute approximate surface area is 144 Å². The molecule has 1 aliphatic heterocycles. The summed E-state index contributed by atoms with van der Waals surface area (Å²) in [6.45, 7) is 3.89. The van der Waals surface area contributed by atoms with Crippen LogP contribution in [0.15, 0.2) is 36.7 Å². The van der Waals surface area contributed by atoms with Gasteiger partial charge in [0.25, 0.3) is 5.91 Å². The van der Waals surface area contributed by atoms with E-state index in [1.165, 1.54) is 17.2 Å². The summed E-state index contributed by atoms with van der Waals surface area (Å²) in [4.78, 5) is 32.7. The van der Waals surface area contributed by atoms with Crippen LogP contribution in [0.25, 0.3) is 5.69 Å². The van der Waals surface area contributed by atoms with Crippen LogP contribution < -0.4 is 0 Å². The van der Waals surface area contributed by atoms with Crippen molar-refractivity contribution in [3.63, 3.8) is 0 Å². The third kappa shape index (κ3) is 3.45. The number of para-hydroxylation sites is 1. The van der Waals surface area contributed by atoms with Crippen molar-refractivity contribution in [2.75, 3.05) is 13.1 Å². The number of carbonyl (C=O) groups excluding carboxylic acids is 1. The number of rotatable bonds is 2. The fourth-order valence-electron chi connectivity index (χ4n) is 2.82. The largest absolute Gasteiger partial charge is 0.463 e. The molecule has 1 N–H and O–H groups in total. The molecule has 1 saturated heterocycles. The van der Waals surface area contributed by atoms with Crippen molar-refractivity contribution in [3.05, 3.63) is 42.2 Å². The highest BCUT2D eigenvalue weighted by molar-refractivity contribution is 5.98. The van der Waals surface area contributed by atoms with Gasteiger partial charge in [-0.3, -0.25) is 9.63 Å². The second-order valence-electron chi connectivity index (χ2n) is 5.90. The second-order valence-corrected chi connectivity index (χ2v) is 5.90. The summed E-state index contributed by atoms with van der Waals surface area (Å²) in [5.74, 6) is -0.219. The van der Waals surface area contributed by atoms with Gasteiger partial charge in [0, 0.05) is 12.6 Å². The van der Waals surface area contributed by atoms with E-state index < -0.39 is 12.2 Å². The van der Waals surface area contributed by atoms with Gasteiger partial charge >= 0.3 is 6.09 Å². The number of carboxylic acid groups (broad SMARTS) is 1. The average molecular weight is 345 g/mol. The Hall–Kier alpha value is -2.94. The van der Waals surface area contributed by atoms with E-state index in [0.717, 1.165) is 5.06 Å². The van der Waals surface area contributed by atoms with Crippen LogP contribution in [-0.4, -0.2) is 67.3 Å². The molecular weight excluding hydrogens is 326 g/mol. The van der Waals surface area contributed by atoms with E-state index in [9.17, 15) is 14.7 Å². The van der Waals surface area contributed by atoms with Gasteiger partial charge in [-0.15, -0.1) is 0 Å². The summed E-state index contributed by atoms with van der Waals surface area (Å²) in [6.07, 6.45) is 1.46. The lowest BCUT2D eigenvalue weighted by atomic mass is 10.1. The highest BCUT2D eigenvalue weighted by atomic mass is 16.7. The van der Waals surface area contributed by atoms with E-state index in [0.29, 0.717) is 11.3 Å². The SMILES string of the molecule is CC1CN(C(=O)c2ccccc2-n2nccn2)[C@@H](C)CN(C(=O)O)O1. The number of nitrogens with zero attached hydrogens (tertiary/aromatic N) is 5. The molecule has 2 amide bonds. The first-order chi connectivity index (χ1) is 12.0. The number of aromatic nitrogens is 3. The molecule has 1 fully saturated rings. The van der Waals surface area contributed by atoms with Crippen LogP contribution >= 0.6 is 0 Å². The highest BCUT2D eigenvalue weighted by Crippen LogP contribution is 2.20. The quantitative estimate of drug-likeness (QED) is 0.883. The predicted octanol–water partition coefficient (Wildman–Crippen LogP) is 1.41. The number of amides is 2. The van der Waals surface area contributed by atoms with Crippen molar-refractivity contribution in [2.45, 2.75) is 26.0 Å². The van der Waals surface area contributed by atoms with Gasteiger partial charge in [-0.2, -0.15) is 20.1 Å². The predicted molar refractivity (Wildman–Crippen MR) is 87.1 cm³/mol. The lowest BCUT2D eigenvalue weighted by Crippen LogP contribution is -2.44. The summed E-state index contributed by atoms with van der Waals surface area (Å²) in [6, 6.07) is 6.70. The smallest absolute Gasteiger partial charge is 0.431 e. The molecule has 1 unspecified atom stereocenters. The van der Waals surface area contributed by atoms with Crippen LogP contribution in [0.2, 0.25) is 0 Å². The van der Waals surface area contributed by atoms with Gasteiger partial charge in [0.1, 0.15) is 6.10 Å². The zero-order valence-corrected chi connectivity index (χ0v) is 13.9. The van der Waals surface area contributed by atoms with Gasteiger partial charge in [0.05, 0.1) is 30.2 Å². The van der Waals surface area contributed by atoms with Crippen molar-refractivity contribution in [2.24, 2.45) is 0 Å². The van der Waals surface area contributed by atoms with E-state index in [1.807, 2.05) is 0 Å². The van der Waals surface area contributed by atoms with E-state index in [-0.39, 0.29) is 25.0 Å². The summed E-state index contributed by atoms with van der Waals surface area (Å²) in [5, 5.41) is 18.2. The lowest BCUT2D eigenvalue weighted by Gasteiger charge is -2.28. The first-order valence-electron chi connectivity index (χ1n) is 7.91. The van der Waals surface area contributed by atoms with E-state index in [2.05, 4.69) is 10.2 Å². The molecule has 9 heteroatoms. The molecule has 0 radical (unpaired) electrons. The van der Waals surface area contributed by atoms with Gasteiger partial charge in [0.15, 0.2) is 0 Å². The Morgan fingerprint density at radius 1 is 1.16 bits per heavy atom. The molecule has 132 valence electrons. The van der Waals surface area contributed by atoms with Crippen molar-refractivity contribution in [3.8, 4) is 5.69 Å². The van der Waals surface area contributed by atoms with E-state index in [1.54, 1.807) is 43.0 Å². The second kappa shape index (κ2) is 6.89. The first-order valence-corrected chi connectivity index (χ1v) is 7.91. The molecule has 1 aromatic heterocycles. The third-order valence-corrected chi connectivity index (χ3v) is 3.97. The van der Waals surface area contributed by atoms with Crippen molar-refractivity contribution in [1.29, 1.82) is 0 Å². The first kappa shape index (κ1) is 16.9. The number of carbonyl (C=O) groups is 2. The summed E-state index contributed by atoms with van der Waals surface area (Å²) in [5.41, 5.74) is 1.01. The molecule has 2 heterocycles. The Bertz CT molecular complexity index is 764. The van der Waals surface area contributed by atoms with Gasteiger partial charge in [-0.05, 0) is 26.0 Å². The molecule has 3 rings (SSSR count). The minimum atomic E-state index is -1.17. The zero-order chi connectivity index (χ0) is 18.0. The zero-order valence-electron chi connectivity index (χ0n) is 13.9. The van der Waals surface area contributed by atoms with Gasteiger partial charge in [-0.1, -0.05) is 12.1 Å². The molecule has 0 spiro atoms. The molecule has 1 aromatic carbocycles. The fraction of sp³-hybridized carbons (Fsp3) is 0.375. The monoisotopic (exact) mass is 345 g/mol. The average Bonchev–Trinajstić information content (AvgIpc) is 3.07. The van der Waals surface area contributed by atoms with Crippen LogP contribution in [0.5, 0.6) is 0 Å². The number of hydroxylamine groups is 2. The van der Waals surface area contributed by atoms with Crippen molar-refractivity contribution < 1.29 is 19.5 Å². The minimum absolute atomic E-state index is 0.0770. The van der Waals surface area contributed by atoms with Crippen LogP contribution in [0.3, 0.4) is 0 Å². The fourth-order valence-corrected chi connectivity index (χ4v) is 2.82. The van der Waals surface area contributed by atoms with E-state index >= 15 is 0 Å². The number of benzene rings is 1. The maximum atomic E-state index is 13.1. The van der Waals surface area contributed by atoms with Crippen molar-refractivity contribution in [1.82, 2.24) is 25.0 Å². The van der Waals surface area contributed by atoms with Crippen LogP contribution in [-0.2, 0) is 4.84 Å². The molecule has 0 bridgehead atoms. The third-order valence-electron chi connectivity index (χ3n) is 3.97.